The summed E-state index contributed by atoms with van der Waals surface area (Å²) in [6.07, 6.45) is 4.12. The molecule has 4 heteroatoms. The molecule has 3 atom stereocenters. The molecule has 2 heterocycles. The van der Waals surface area contributed by atoms with Gasteiger partial charge in [0, 0.05) is 25.2 Å². The van der Waals surface area contributed by atoms with Crippen LogP contribution in [0.1, 0.15) is 39.5 Å². The fourth-order valence-electron chi connectivity index (χ4n) is 2.96. The highest BCUT2D eigenvalue weighted by Gasteiger charge is 2.30. The third-order valence-corrected chi connectivity index (χ3v) is 3.89. The first-order valence-corrected chi connectivity index (χ1v) is 6.82. The normalized spacial score (nSPS) is 34.7. The minimum absolute atomic E-state index is 0.0672. The predicted molar refractivity (Wildman–Crippen MR) is 66.8 cm³/mol. The van der Waals surface area contributed by atoms with E-state index in [-0.39, 0.29) is 12.0 Å². The molecule has 0 aromatic rings. The summed E-state index contributed by atoms with van der Waals surface area (Å²) in [6.45, 7) is 6.76. The SMILES string of the molecule is C[C@@H]1CCC[C@H](C)N1C(=O)CC1CNCCO1. The summed E-state index contributed by atoms with van der Waals surface area (Å²) >= 11 is 0. The summed E-state index contributed by atoms with van der Waals surface area (Å²) in [5.41, 5.74) is 0. The Hall–Kier alpha value is -0.610. The number of amides is 1. The van der Waals surface area contributed by atoms with Crippen LogP contribution in [0.5, 0.6) is 0 Å². The van der Waals surface area contributed by atoms with Gasteiger partial charge in [0.25, 0.3) is 0 Å². The molecule has 2 saturated heterocycles. The van der Waals surface area contributed by atoms with Crippen LogP contribution < -0.4 is 5.32 Å². The number of hydrogen-bond acceptors (Lipinski definition) is 3. The number of likely N-dealkylation sites (tertiary alicyclic amines) is 1. The first-order chi connectivity index (χ1) is 8.18. The van der Waals surface area contributed by atoms with Gasteiger partial charge in [0.15, 0.2) is 0 Å². The second kappa shape index (κ2) is 5.83. The van der Waals surface area contributed by atoms with Crippen molar-refractivity contribution in [1.82, 2.24) is 10.2 Å². The van der Waals surface area contributed by atoms with Crippen LogP contribution in [0, 0.1) is 0 Å². The van der Waals surface area contributed by atoms with Crippen molar-refractivity contribution in [2.75, 3.05) is 19.7 Å². The topological polar surface area (TPSA) is 41.6 Å². The van der Waals surface area contributed by atoms with E-state index in [4.69, 9.17) is 4.74 Å². The smallest absolute Gasteiger partial charge is 0.225 e. The van der Waals surface area contributed by atoms with Crippen molar-refractivity contribution in [1.29, 1.82) is 0 Å². The second-order valence-electron chi connectivity index (χ2n) is 5.33. The van der Waals surface area contributed by atoms with Crippen LogP contribution >= 0.6 is 0 Å². The minimum Gasteiger partial charge on any atom is -0.375 e. The molecule has 4 nitrogen and oxygen atoms in total. The third kappa shape index (κ3) is 3.19. The molecule has 1 amide bonds. The van der Waals surface area contributed by atoms with Gasteiger partial charge in [-0.1, -0.05) is 0 Å². The molecule has 0 bridgehead atoms. The van der Waals surface area contributed by atoms with Crippen molar-refractivity contribution in [2.45, 2.75) is 57.7 Å². The van der Waals surface area contributed by atoms with E-state index >= 15 is 0 Å². The molecule has 2 aliphatic heterocycles. The van der Waals surface area contributed by atoms with E-state index in [0.717, 1.165) is 32.5 Å². The Kier molecular flexibility index (Phi) is 4.40. The van der Waals surface area contributed by atoms with Gasteiger partial charge in [-0.25, -0.2) is 0 Å². The van der Waals surface area contributed by atoms with Crippen LogP contribution in [0.4, 0.5) is 0 Å². The Labute approximate surface area is 104 Å². The Morgan fingerprint density at radius 3 is 2.65 bits per heavy atom. The van der Waals surface area contributed by atoms with E-state index in [9.17, 15) is 4.79 Å². The molecule has 98 valence electrons. The Morgan fingerprint density at radius 1 is 1.35 bits per heavy atom. The molecule has 0 radical (unpaired) electrons. The van der Waals surface area contributed by atoms with Crippen LogP contribution in [0.25, 0.3) is 0 Å². The first kappa shape index (κ1) is 12.8. The summed E-state index contributed by atoms with van der Waals surface area (Å²) in [7, 11) is 0. The zero-order valence-electron chi connectivity index (χ0n) is 10.9. The van der Waals surface area contributed by atoms with Gasteiger partial charge in [0.1, 0.15) is 0 Å². The van der Waals surface area contributed by atoms with E-state index in [1.165, 1.54) is 6.42 Å². The van der Waals surface area contributed by atoms with Crippen molar-refractivity contribution in [3.63, 3.8) is 0 Å². The van der Waals surface area contributed by atoms with Crippen molar-refractivity contribution in [3.05, 3.63) is 0 Å². The molecule has 2 rings (SSSR count). The molecule has 1 unspecified atom stereocenters. The molecule has 2 fully saturated rings. The summed E-state index contributed by atoms with van der Waals surface area (Å²) in [5, 5.41) is 3.27. The van der Waals surface area contributed by atoms with Gasteiger partial charge in [-0.15, -0.1) is 0 Å². The molecule has 17 heavy (non-hydrogen) atoms. The van der Waals surface area contributed by atoms with E-state index in [2.05, 4.69) is 24.1 Å². The van der Waals surface area contributed by atoms with E-state index in [0.29, 0.717) is 18.5 Å². The zero-order chi connectivity index (χ0) is 12.3. The van der Waals surface area contributed by atoms with Gasteiger partial charge < -0.3 is 15.0 Å². The fraction of sp³-hybridized carbons (Fsp3) is 0.923. The summed E-state index contributed by atoms with van der Waals surface area (Å²) in [5.74, 6) is 0.262. The lowest BCUT2D eigenvalue weighted by Gasteiger charge is -2.40. The molecule has 0 saturated carbocycles. The van der Waals surface area contributed by atoms with Gasteiger partial charge in [-0.3, -0.25) is 4.79 Å². The molecule has 0 aromatic carbocycles. The number of nitrogens with one attached hydrogen (secondary N) is 1. The Balaban J connectivity index is 1.88. The van der Waals surface area contributed by atoms with Gasteiger partial charge in [0.05, 0.1) is 19.1 Å². The van der Waals surface area contributed by atoms with Gasteiger partial charge >= 0.3 is 0 Å². The van der Waals surface area contributed by atoms with Gasteiger partial charge in [0.2, 0.25) is 5.91 Å². The van der Waals surface area contributed by atoms with E-state index in [1.807, 2.05) is 0 Å². The number of hydrogen-bond donors (Lipinski definition) is 1. The zero-order valence-corrected chi connectivity index (χ0v) is 10.9. The monoisotopic (exact) mass is 240 g/mol. The summed E-state index contributed by atoms with van der Waals surface area (Å²) < 4.78 is 5.60. The molecule has 2 aliphatic rings. The Bertz CT molecular complexity index is 254. The lowest BCUT2D eigenvalue weighted by atomic mass is 9.96. The maximum atomic E-state index is 12.3. The predicted octanol–water partition coefficient (Wildman–Crippen LogP) is 1.15. The average Bonchev–Trinajstić information content (AvgIpc) is 2.30. The fourth-order valence-corrected chi connectivity index (χ4v) is 2.96. The lowest BCUT2D eigenvalue weighted by molar-refractivity contribution is -0.140. The largest absolute Gasteiger partial charge is 0.375 e. The van der Waals surface area contributed by atoms with Crippen LogP contribution in [0.3, 0.4) is 0 Å². The van der Waals surface area contributed by atoms with Crippen molar-refractivity contribution >= 4 is 5.91 Å². The van der Waals surface area contributed by atoms with Crippen molar-refractivity contribution in [3.8, 4) is 0 Å². The van der Waals surface area contributed by atoms with Crippen LogP contribution in [-0.4, -0.2) is 48.7 Å². The van der Waals surface area contributed by atoms with Crippen molar-refractivity contribution < 1.29 is 9.53 Å². The molecule has 1 N–H and O–H groups in total. The number of piperidine rings is 1. The Morgan fingerprint density at radius 2 is 2.06 bits per heavy atom. The maximum Gasteiger partial charge on any atom is 0.225 e. The van der Waals surface area contributed by atoms with Gasteiger partial charge in [-0.05, 0) is 33.1 Å². The molecular weight excluding hydrogens is 216 g/mol. The minimum atomic E-state index is 0.0672. The number of carbonyl (C=O) groups is 1. The summed E-state index contributed by atoms with van der Waals surface area (Å²) in [6, 6.07) is 0.783. The van der Waals surface area contributed by atoms with Crippen LogP contribution in [0.2, 0.25) is 0 Å². The number of carbonyl (C=O) groups excluding carboxylic acids is 1. The number of rotatable bonds is 2. The highest BCUT2D eigenvalue weighted by molar-refractivity contribution is 5.77. The molecule has 0 aromatic heterocycles. The summed E-state index contributed by atoms with van der Waals surface area (Å²) in [4.78, 5) is 14.4. The van der Waals surface area contributed by atoms with E-state index in [1.54, 1.807) is 0 Å². The molecule has 0 spiro atoms. The maximum absolute atomic E-state index is 12.3. The lowest BCUT2D eigenvalue weighted by Crippen LogP contribution is -2.50. The number of nitrogens with zero attached hydrogens (tertiary/aromatic N) is 1. The average molecular weight is 240 g/mol. The second-order valence-corrected chi connectivity index (χ2v) is 5.33. The van der Waals surface area contributed by atoms with Crippen molar-refractivity contribution in [2.24, 2.45) is 0 Å². The molecular formula is C13H24N2O2. The van der Waals surface area contributed by atoms with Crippen LogP contribution in [-0.2, 0) is 9.53 Å². The van der Waals surface area contributed by atoms with Gasteiger partial charge in [-0.2, -0.15) is 0 Å². The van der Waals surface area contributed by atoms with E-state index < -0.39 is 0 Å². The first-order valence-electron chi connectivity index (χ1n) is 6.82. The number of morpholine rings is 1. The highest BCUT2D eigenvalue weighted by atomic mass is 16.5. The highest BCUT2D eigenvalue weighted by Crippen LogP contribution is 2.23. The third-order valence-electron chi connectivity index (χ3n) is 3.89. The van der Waals surface area contributed by atoms with Crippen LogP contribution in [0.15, 0.2) is 0 Å². The quantitative estimate of drug-likeness (QED) is 0.787. The number of ether oxygens (including phenoxy) is 1. The standard InChI is InChI=1S/C13H24N2O2/c1-10-4-3-5-11(2)15(10)13(16)8-12-9-14-6-7-17-12/h10-12,14H,3-9H2,1-2H3/t10-,11+,12?. The molecule has 0 aliphatic carbocycles.